The van der Waals surface area contributed by atoms with Gasteiger partial charge in [0.1, 0.15) is 41.4 Å². The van der Waals surface area contributed by atoms with Crippen molar-refractivity contribution in [1.82, 2.24) is 41.7 Å². The van der Waals surface area contributed by atoms with E-state index in [9.17, 15) is 43.5 Å². The van der Waals surface area contributed by atoms with Crippen molar-refractivity contribution in [3.05, 3.63) is 71.8 Å². The minimum absolute atomic E-state index is 0.0218. The molecular weight excluding hydrogens is 901 g/mol. The first-order valence-corrected chi connectivity index (χ1v) is 24.3. The highest BCUT2D eigenvalue weighted by Crippen LogP contribution is 2.41. The van der Waals surface area contributed by atoms with E-state index in [0.29, 0.717) is 63.0 Å². The molecule has 4 rings (SSSR count). The number of hydrogen-bond donors (Lipinski definition) is 7. The van der Waals surface area contributed by atoms with Crippen molar-refractivity contribution in [2.24, 2.45) is 11.3 Å². The number of rotatable bonds is 21. The van der Waals surface area contributed by atoms with Crippen molar-refractivity contribution in [1.29, 1.82) is 0 Å². The summed E-state index contributed by atoms with van der Waals surface area (Å²) in [6.07, 6.45) is -0.0436. The second-order valence-electron chi connectivity index (χ2n) is 21.0. The fourth-order valence-electron chi connectivity index (χ4n) is 8.50. The maximum atomic E-state index is 14.4. The lowest BCUT2D eigenvalue weighted by Gasteiger charge is -2.54. The number of carboxylic acid groups (broad SMARTS) is 1. The molecule has 2 aliphatic rings. The van der Waals surface area contributed by atoms with Crippen molar-refractivity contribution in [3.8, 4) is 0 Å². The van der Waals surface area contributed by atoms with Crippen LogP contribution in [0.2, 0.25) is 0 Å². The molecule has 8 amide bonds. The number of ether oxygens (including phenoxy) is 2. The molecule has 2 aliphatic heterocycles. The Labute approximate surface area is 412 Å². The van der Waals surface area contributed by atoms with Gasteiger partial charge in [-0.3, -0.25) is 24.0 Å². The number of likely N-dealkylation sites (tertiary alicyclic amines) is 2. The summed E-state index contributed by atoms with van der Waals surface area (Å²) in [5, 5.41) is 25.8. The van der Waals surface area contributed by atoms with Gasteiger partial charge < -0.3 is 56.3 Å². The Morgan fingerprint density at radius 2 is 1.07 bits per heavy atom. The first-order chi connectivity index (χ1) is 32.8. The van der Waals surface area contributed by atoms with Gasteiger partial charge in [0, 0.05) is 51.0 Å². The Hall–Kier alpha value is -6.40. The fourth-order valence-corrected chi connectivity index (χ4v) is 8.50. The molecule has 2 aromatic carbocycles. The van der Waals surface area contributed by atoms with Crippen LogP contribution in [0.1, 0.15) is 112 Å². The average molecular weight is 977 g/mol. The van der Waals surface area contributed by atoms with Gasteiger partial charge in [0.25, 0.3) is 0 Å². The number of piperidine rings is 1. The molecule has 2 fully saturated rings. The van der Waals surface area contributed by atoms with Crippen molar-refractivity contribution in [3.63, 3.8) is 0 Å². The number of benzene rings is 2. The number of unbranched alkanes of at least 4 members (excludes halogenated alkanes) is 1. The first kappa shape index (κ1) is 56.2. The van der Waals surface area contributed by atoms with Gasteiger partial charge in [0.2, 0.25) is 29.5 Å². The van der Waals surface area contributed by atoms with E-state index in [0.717, 1.165) is 0 Å². The molecule has 0 bridgehead atoms. The number of carbonyl (C=O) groups is 8. The summed E-state index contributed by atoms with van der Waals surface area (Å²) in [6.45, 7) is 17.9. The lowest BCUT2D eigenvalue weighted by molar-refractivity contribution is -0.152. The molecule has 2 saturated heterocycles. The number of carbonyl (C=O) groups excluding carboxylic acids is 7. The zero-order chi connectivity index (χ0) is 51.8. The van der Waals surface area contributed by atoms with Gasteiger partial charge in [-0.15, -0.1) is 0 Å². The molecule has 5 unspecified atom stereocenters. The lowest BCUT2D eigenvalue weighted by atomic mass is 9.71. The molecular formula is C51H76N8O11. The summed E-state index contributed by atoms with van der Waals surface area (Å²) in [5.74, 6) is -2.62. The van der Waals surface area contributed by atoms with Crippen LogP contribution < -0.4 is 31.9 Å². The monoisotopic (exact) mass is 977 g/mol. The highest BCUT2D eigenvalue weighted by Gasteiger charge is 2.48. The van der Waals surface area contributed by atoms with Crippen LogP contribution >= 0.6 is 0 Å². The van der Waals surface area contributed by atoms with Gasteiger partial charge in [-0.1, -0.05) is 74.5 Å². The molecule has 19 heteroatoms. The first-order valence-electron chi connectivity index (χ1n) is 24.3. The molecule has 0 radical (unpaired) electrons. The van der Waals surface area contributed by atoms with Crippen LogP contribution in [0.4, 0.5) is 14.4 Å². The zero-order valence-corrected chi connectivity index (χ0v) is 42.4. The van der Waals surface area contributed by atoms with E-state index in [2.05, 4.69) is 31.9 Å². The summed E-state index contributed by atoms with van der Waals surface area (Å²) >= 11 is 0. The maximum absolute atomic E-state index is 14.4. The van der Waals surface area contributed by atoms with Crippen LogP contribution in [0, 0.1) is 11.3 Å². The van der Waals surface area contributed by atoms with Crippen LogP contribution in [-0.4, -0.2) is 137 Å². The molecule has 0 aliphatic carbocycles. The van der Waals surface area contributed by atoms with Crippen molar-refractivity contribution in [2.75, 3.05) is 32.7 Å². The molecule has 70 heavy (non-hydrogen) atoms. The minimum atomic E-state index is -1.41. The zero-order valence-electron chi connectivity index (χ0n) is 42.4. The van der Waals surface area contributed by atoms with Crippen LogP contribution in [0.5, 0.6) is 0 Å². The highest BCUT2D eigenvalue weighted by molar-refractivity contribution is 5.95. The van der Waals surface area contributed by atoms with Crippen LogP contribution in [0.15, 0.2) is 60.7 Å². The second-order valence-corrected chi connectivity index (χ2v) is 21.0. The van der Waals surface area contributed by atoms with E-state index >= 15 is 0 Å². The van der Waals surface area contributed by atoms with Crippen molar-refractivity contribution < 1.29 is 52.9 Å². The van der Waals surface area contributed by atoms with Crippen LogP contribution in [0.25, 0.3) is 0 Å². The van der Waals surface area contributed by atoms with Crippen LogP contribution in [0.3, 0.4) is 0 Å². The SMILES string of the molecule is CC(C)CC(NC(=O)C(Cc1ccccc1)NC(=O)C(Cc1ccccc1)NC(=O)O)C(=O)NC(CCCCNC(=O)OC(C)(C)C)C(=O)N1CCC2(CC1)CN(C(=O)C(C)NC(=O)OC(C)(C)C)C2. The molecule has 5 atom stereocenters. The quantitative estimate of drug-likeness (QED) is 0.0847. The smallest absolute Gasteiger partial charge is 0.408 e. The Morgan fingerprint density at radius 3 is 1.57 bits per heavy atom. The summed E-state index contributed by atoms with van der Waals surface area (Å²) in [4.78, 5) is 110. The molecule has 2 aromatic rings. The number of amides is 8. The molecule has 0 saturated carbocycles. The summed E-state index contributed by atoms with van der Waals surface area (Å²) < 4.78 is 10.6. The third-order valence-corrected chi connectivity index (χ3v) is 12.0. The number of nitrogens with zero attached hydrogens (tertiary/aromatic N) is 2. The molecule has 7 N–H and O–H groups in total. The topological polar surface area (TPSA) is 254 Å². The fraction of sp³-hybridized carbons (Fsp3) is 0.608. The van der Waals surface area contributed by atoms with E-state index in [4.69, 9.17) is 9.47 Å². The maximum Gasteiger partial charge on any atom is 0.408 e. The molecule has 0 aromatic heterocycles. The second kappa shape index (κ2) is 25.5. The summed E-state index contributed by atoms with van der Waals surface area (Å²) in [7, 11) is 0. The predicted molar refractivity (Wildman–Crippen MR) is 262 cm³/mol. The van der Waals surface area contributed by atoms with Gasteiger partial charge in [-0.25, -0.2) is 14.4 Å². The average Bonchev–Trinajstić information content (AvgIpc) is 3.25. The number of alkyl carbamates (subject to hydrolysis) is 2. The molecule has 19 nitrogen and oxygen atoms in total. The van der Waals surface area contributed by atoms with E-state index in [-0.39, 0.29) is 55.4 Å². The summed E-state index contributed by atoms with van der Waals surface area (Å²) in [6, 6.07) is 12.5. The Bertz CT molecular complexity index is 2090. The minimum Gasteiger partial charge on any atom is -0.465 e. The molecule has 386 valence electrons. The van der Waals surface area contributed by atoms with Gasteiger partial charge in [0.05, 0.1) is 0 Å². The molecule has 1 spiro atoms. The van der Waals surface area contributed by atoms with Gasteiger partial charge in [-0.05, 0) is 104 Å². The van der Waals surface area contributed by atoms with E-state index in [1.165, 1.54) is 0 Å². The van der Waals surface area contributed by atoms with E-state index in [1.54, 1.807) is 113 Å². The Kier molecular flexibility index (Phi) is 20.4. The van der Waals surface area contributed by atoms with Crippen molar-refractivity contribution in [2.45, 2.75) is 155 Å². The van der Waals surface area contributed by atoms with Gasteiger partial charge in [-0.2, -0.15) is 0 Å². The third-order valence-electron chi connectivity index (χ3n) is 12.0. The van der Waals surface area contributed by atoms with Gasteiger partial charge >= 0.3 is 18.3 Å². The van der Waals surface area contributed by atoms with E-state index < -0.39 is 77.4 Å². The number of nitrogens with one attached hydrogen (secondary N) is 6. The third kappa shape index (κ3) is 18.8. The standard InChI is InChI=1S/C51H76N8O11/c1-33(2)28-38(55-42(61)39(29-35-18-12-10-13-19-35)56-43(62)40(57-46(65)66)30-36-20-14-11-15-21-36)41(60)54-37(22-16-17-25-52-47(67)69-49(4,5)6)45(64)58-26-23-51(24-27-58)31-59(32-51)44(63)34(3)53-48(68)70-50(7,8)9/h10-15,18-21,33-34,37-40,57H,16-17,22-32H2,1-9H3,(H,52,67)(H,53,68)(H,54,60)(H,55,61)(H,56,62)(H,65,66). The Balaban J connectivity index is 1.48. The Morgan fingerprint density at radius 1 is 0.600 bits per heavy atom. The van der Waals surface area contributed by atoms with Crippen LogP contribution in [-0.2, 0) is 46.3 Å². The predicted octanol–water partition coefficient (Wildman–Crippen LogP) is 4.67. The van der Waals surface area contributed by atoms with Crippen molar-refractivity contribution >= 4 is 47.8 Å². The highest BCUT2D eigenvalue weighted by atomic mass is 16.6. The summed E-state index contributed by atoms with van der Waals surface area (Å²) in [5.41, 5.74) is -0.185. The molecule has 2 heterocycles. The van der Waals surface area contributed by atoms with E-state index in [1.807, 2.05) is 19.9 Å². The lowest BCUT2D eigenvalue weighted by Crippen LogP contribution is -2.65. The number of hydrogen-bond acceptors (Lipinski definition) is 10. The normalized spacial score (nSPS) is 16.5. The largest absolute Gasteiger partial charge is 0.465 e. The van der Waals surface area contributed by atoms with Gasteiger partial charge in [0.15, 0.2) is 0 Å².